The van der Waals surface area contributed by atoms with E-state index >= 15 is 0 Å². The second-order valence-corrected chi connectivity index (χ2v) is 6.84. The van der Waals surface area contributed by atoms with Crippen molar-refractivity contribution in [1.82, 2.24) is 9.78 Å². The van der Waals surface area contributed by atoms with Crippen molar-refractivity contribution >= 4 is 31.6 Å². The molecule has 2 rings (SSSR count). The average molecular weight is 360 g/mol. The monoisotopic (exact) mass is 359 g/mol. The van der Waals surface area contributed by atoms with Crippen LogP contribution in [0, 0.1) is 6.92 Å². The molecule has 8 heteroatoms. The number of aliphatic hydroxyl groups is 1. The first-order chi connectivity index (χ1) is 9.33. The molecule has 0 amide bonds. The fraction of sp³-hybridized carbons (Fsp3) is 0.250. The van der Waals surface area contributed by atoms with E-state index < -0.39 is 10.0 Å². The summed E-state index contributed by atoms with van der Waals surface area (Å²) < 4.78 is 29.1. The lowest BCUT2D eigenvalue weighted by Gasteiger charge is -2.09. The van der Waals surface area contributed by atoms with E-state index in [1.807, 2.05) is 0 Å². The number of halogens is 1. The molecule has 6 nitrogen and oxygen atoms in total. The molecule has 0 atom stereocenters. The Morgan fingerprint density at radius 2 is 2.15 bits per heavy atom. The third-order valence-corrected chi connectivity index (χ3v) is 5.07. The Morgan fingerprint density at radius 1 is 1.45 bits per heavy atom. The van der Waals surface area contributed by atoms with Gasteiger partial charge in [-0.2, -0.15) is 5.10 Å². The van der Waals surface area contributed by atoms with Crippen LogP contribution in [0.5, 0.6) is 0 Å². The lowest BCUT2D eigenvalue weighted by atomic mass is 10.2. The van der Waals surface area contributed by atoms with Crippen molar-refractivity contribution in [3.05, 3.63) is 40.1 Å². The summed E-state index contributed by atoms with van der Waals surface area (Å²) in [6, 6.07) is 4.59. The predicted molar refractivity (Wildman–Crippen MR) is 78.8 cm³/mol. The summed E-state index contributed by atoms with van der Waals surface area (Å²) in [5, 5.41) is 13.1. The van der Waals surface area contributed by atoms with Crippen LogP contribution >= 0.6 is 15.9 Å². The molecule has 0 saturated carbocycles. The summed E-state index contributed by atoms with van der Waals surface area (Å²) in [6.07, 6.45) is 1.60. The minimum absolute atomic E-state index is 0.109. The molecular formula is C12H14BrN3O3S. The third kappa shape index (κ3) is 3.02. The largest absolute Gasteiger partial charge is 0.392 e. The predicted octanol–water partition coefficient (Wildman–Crippen LogP) is 1.78. The fourth-order valence-corrected chi connectivity index (χ4v) is 3.99. The first-order valence-corrected chi connectivity index (χ1v) is 8.03. The number of anilines is 1. The quantitative estimate of drug-likeness (QED) is 0.871. The van der Waals surface area contributed by atoms with Crippen LogP contribution in [0.15, 0.2) is 33.8 Å². The number of hydrogen-bond donors (Lipinski definition) is 2. The highest BCUT2D eigenvalue weighted by Gasteiger charge is 2.19. The Hall–Kier alpha value is -1.38. The normalized spacial score (nSPS) is 11.6. The molecule has 0 aliphatic rings. The Morgan fingerprint density at radius 3 is 2.65 bits per heavy atom. The van der Waals surface area contributed by atoms with Gasteiger partial charge in [0.25, 0.3) is 10.0 Å². The number of hydrogen-bond acceptors (Lipinski definition) is 4. The van der Waals surface area contributed by atoms with Crippen LogP contribution in [0.3, 0.4) is 0 Å². The van der Waals surface area contributed by atoms with Crippen molar-refractivity contribution in [3.63, 3.8) is 0 Å². The van der Waals surface area contributed by atoms with Crippen LogP contribution in [-0.4, -0.2) is 23.3 Å². The summed E-state index contributed by atoms with van der Waals surface area (Å²) in [5.74, 6) is 0. The molecule has 0 spiro atoms. The SMILES string of the molecule is Cc1nn(C)cc1NS(=O)(=O)c1ccc(CO)cc1Br. The topological polar surface area (TPSA) is 84.2 Å². The first-order valence-electron chi connectivity index (χ1n) is 5.76. The smallest absolute Gasteiger partial charge is 0.263 e. The highest BCUT2D eigenvalue weighted by atomic mass is 79.9. The van der Waals surface area contributed by atoms with Crippen LogP contribution in [-0.2, 0) is 23.7 Å². The van der Waals surface area contributed by atoms with Gasteiger partial charge < -0.3 is 5.11 Å². The molecule has 108 valence electrons. The number of aromatic nitrogens is 2. The molecule has 0 aliphatic heterocycles. The summed E-state index contributed by atoms with van der Waals surface area (Å²) in [7, 11) is -1.99. The van der Waals surface area contributed by atoms with E-state index in [0.29, 0.717) is 21.4 Å². The zero-order valence-corrected chi connectivity index (χ0v) is 13.4. The molecule has 2 N–H and O–H groups in total. The standard InChI is InChI=1S/C12H14BrN3O3S/c1-8-11(6-16(2)14-8)15-20(18,19)12-4-3-9(7-17)5-10(12)13/h3-6,15,17H,7H2,1-2H3. The molecular weight excluding hydrogens is 346 g/mol. The van der Waals surface area contributed by atoms with Crippen molar-refractivity contribution in [2.75, 3.05) is 4.72 Å². The van der Waals surface area contributed by atoms with Gasteiger partial charge in [-0.25, -0.2) is 8.42 Å². The van der Waals surface area contributed by atoms with E-state index in [1.54, 1.807) is 32.3 Å². The number of aliphatic hydroxyl groups excluding tert-OH is 1. The lowest BCUT2D eigenvalue weighted by Crippen LogP contribution is -2.14. The van der Waals surface area contributed by atoms with Crippen molar-refractivity contribution in [2.45, 2.75) is 18.4 Å². The van der Waals surface area contributed by atoms with E-state index in [4.69, 9.17) is 5.11 Å². The molecule has 0 fully saturated rings. The summed E-state index contributed by atoms with van der Waals surface area (Å²) in [5.41, 5.74) is 1.66. The van der Waals surface area contributed by atoms with Crippen LogP contribution in [0.2, 0.25) is 0 Å². The van der Waals surface area contributed by atoms with Gasteiger partial charge in [0.1, 0.15) is 4.90 Å². The fourth-order valence-electron chi connectivity index (χ4n) is 1.76. The van der Waals surface area contributed by atoms with Crippen molar-refractivity contribution < 1.29 is 13.5 Å². The second-order valence-electron chi connectivity index (χ2n) is 4.33. The maximum absolute atomic E-state index is 12.3. The lowest BCUT2D eigenvalue weighted by molar-refractivity contribution is 0.281. The molecule has 0 saturated heterocycles. The Balaban J connectivity index is 2.38. The minimum Gasteiger partial charge on any atom is -0.392 e. The summed E-state index contributed by atoms with van der Waals surface area (Å²) in [6.45, 7) is 1.58. The Kier molecular flexibility index (Phi) is 4.17. The van der Waals surface area contributed by atoms with E-state index in [2.05, 4.69) is 25.8 Å². The molecule has 0 aliphatic carbocycles. The van der Waals surface area contributed by atoms with Crippen molar-refractivity contribution in [2.24, 2.45) is 7.05 Å². The zero-order chi connectivity index (χ0) is 14.9. The van der Waals surface area contributed by atoms with E-state index in [1.165, 1.54) is 10.7 Å². The molecule has 0 radical (unpaired) electrons. The molecule has 1 aromatic heterocycles. The number of rotatable bonds is 4. The van der Waals surface area contributed by atoms with Gasteiger partial charge in [0.2, 0.25) is 0 Å². The van der Waals surface area contributed by atoms with E-state index in [9.17, 15) is 8.42 Å². The molecule has 0 unspecified atom stereocenters. The molecule has 0 bridgehead atoms. The third-order valence-electron chi connectivity index (χ3n) is 2.73. The van der Waals surface area contributed by atoms with Gasteiger partial charge >= 0.3 is 0 Å². The number of benzene rings is 1. The number of sulfonamides is 1. The van der Waals surface area contributed by atoms with Gasteiger partial charge in [0, 0.05) is 17.7 Å². The average Bonchev–Trinajstić information content (AvgIpc) is 2.66. The highest BCUT2D eigenvalue weighted by molar-refractivity contribution is 9.10. The van der Waals surface area contributed by atoms with Gasteiger partial charge in [-0.1, -0.05) is 6.07 Å². The highest BCUT2D eigenvalue weighted by Crippen LogP contribution is 2.26. The van der Waals surface area contributed by atoms with Crippen LogP contribution in [0.4, 0.5) is 5.69 Å². The van der Waals surface area contributed by atoms with Crippen LogP contribution in [0.1, 0.15) is 11.3 Å². The second kappa shape index (κ2) is 5.55. The van der Waals surface area contributed by atoms with Crippen molar-refractivity contribution in [3.8, 4) is 0 Å². The zero-order valence-electron chi connectivity index (χ0n) is 11.0. The number of nitrogens with one attached hydrogen (secondary N) is 1. The molecule has 20 heavy (non-hydrogen) atoms. The summed E-state index contributed by atoms with van der Waals surface area (Å²) in [4.78, 5) is 0.109. The Labute approximate surface area is 125 Å². The maximum atomic E-state index is 12.3. The van der Waals surface area contributed by atoms with E-state index in [-0.39, 0.29) is 11.5 Å². The van der Waals surface area contributed by atoms with Crippen LogP contribution in [0.25, 0.3) is 0 Å². The van der Waals surface area contributed by atoms with Gasteiger partial charge in [-0.15, -0.1) is 0 Å². The van der Waals surface area contributed by atoms with Crippen molar-refractivity contribution in [1.29, 1.82) is 0 Å². The number of nitrogens with zero attached hydrogens (tertiary/aromatic N) is 2. The van der Waals surface area contributed by atoms with Gasteiger partial charge in [0.15, 0.2) is 0 Å². The Bertz CT molecular complexity index is 740. The summed E-state index contributed by atoms with van der Waals surface area (Å²) >= 11 is 3.21. The van der Waals surface area contributed by atoms with Gasteiger partial charge in [-0.05, 0) is 40.5 Å². The molecule has 1 aromatic carbocycles. The van der Waals surface area contributed by atoms with E-state index in [0.717, 1.165) is 0 Å². The number of aryl methyl sites for hydroxylation is 2. The van der Waals surface area contributed by atoms with Crippen LogP contribution < -0.4 is 4.72 Å². The molecule has 1 heterocycles. The minimum atomic E-state index is -3.71. The van der Waals surface area contributed by atoms with Gasteiger partial charge in [-0.3, -0.25) is 9.40 Å². The molecule has 2 aromatic rings. The maximum Gasteiger partial charge on any atom is 0.263 e. The van der Waals surface area contributed by atoms with Gasteiger partial charge in [0.05, 0.1) is 18.0 Å². The first kappa shape index (κ1) is 15.0.